The standard InChI is InChI=1S/C21H19NO3/c1-24-19-11-10-16(14-6-2-3-7-15(14)19)21(23)22-18-12-13-25-20-9-5-4-8-17(18)20/h2-11,18H,12-13H2,1H3,(H,22,23)/t18-/m1/s1. The second kappa shape index (κ2) is 6.48. The Hall–Kier alpha value is -3.01. The van der Waals surface area contributed by atoms with Crippen LogP contribution in [0.2, 0.25) is 0 Å². The summed E-state index contributed by atoms with van der Waals surface area (Å²) in [7, 11) is 1.64. The molecule has 1 aliphatic heterocycles. The molecule has 1 amide bonds. The first-order valence-electron chi connectivity index (χ1n) is 8.36. The van der Waals surface area contributed by atoms with E-state index in [1.54, 1.807) is 7.11 Å². The van der Waals surface area contributed by atoms with E-state index in [9.17, 15) is 4.79 Å². The molecule has 4 nitrogen and oxygen atoms in total. The van der Waals surface area contributed by atoms with Gasteiger partial charge in [-0.15, -0.1) is 0 Å². The van der Waals surface area contributed by atoms with E-state index < -0.39 is 0 Å². The monoisotopic (exact) mass is 333 g/mol. The lowest BCUT2D eigenvalue weighted by atomic mass is 9.99. The number of para-hydroxylation sites is 1. The van der Waals surface area contributed by atoms with Gasteiger partial charge in [-0.3, -0.25) is 4.79 Å². The summed E-state index contributed by atoms with van der Waals surface area (Å²) in [4.78, 5) is 12.9. The quantitative estimate of drug-likeness (QED) is 0.785. The average Bonchev–Trinajstić information content (AvgIpc) is 2.67. The fourth-order valence-corrected chi connectivity index (χ4v) is 3.38. The van der Waals surface area contributed by atoms with Crippen molar-refractivity contribution in [2.45, 2.75) is 12.5 Å². The molecule has 126 valence electrons. The van der Waals surface area contributed by atoms with Gasteiger partial charge in [-0.25, -0.2) is 0 Å². The lowest BCUT2D eigenvalue weighted by molar-refractivity contribution is 0.0926. The molecule has 0 radical (unpaired) electrons. The minimum absolute atomic E-state index is 0.0432. The van der Waals surface area contributed by atoms with Crippen LogP contribution in [0, 0.1) is 0 Å². The molecule has 4 heteroatoms. The van der Waals surface area contributed by atoms with Crippen molar-refractivity contribution in [2.24, 2.45) is 0 Å². The molecule has 1 N–H and O–H groups in total. The summed E-state index contributed by atoms with van der Waals surface area (Å²) < 4.78 is 11.1. The molecule has 0 fully saturated rings. The van der Waals surface area contributed by atoms with Gasteiger partial charge in [0.15, 0.2) is 0 Å². The number of carbonyl (C=O) groups is 1. The van der Waals surface area contributed by atoms with Gasteiger partial charge in [-0.1, -0.05) is 42.5 Å². The van der Waals surface area contributed by atoms with E-state index in [0.717, 1.165) is 34.3 Å². The van der Waals surface area contributed by atoms with Crippen molar-refractivity contribution in [2.75, 3.05) is 13.7 Å². The highest BCUT2D eigenvalue weighted by Crippen LogP contribution is 2.33. The predicted octanol–water partition coefficient (Wildman–Crippen LogP) is 4.10. The number of amides is 1. The molecule has 0 spiro atoms. The van der Waals surface area contributed by atoms with Crippen LogP contribution in [0.4, 0.5) is 0 Å². The molecule has 1 aliphatic rings. The van der Waals surface area contributed by atoms with Gasteiger partial charge in [0, 0.05) is 22.9 Å². The van der Waals surface area contributed by atoms with Crippen LogP contribution in [-0.4, -0.2) is 19.6 Å². The molecule has 1 heterocycles. The van der Waals surface area contributed by atoms with E-state index in [0.29, 0.717) is 12.2 Å². The van der Waals surface area contributed by atoms with E-state index in [1.165, 1.54) is 0 Å². The molecule has 3 aromatic rings. The van der Waals surface area contributed by atoms with Crippen LogP contribution in [0.1, 0.15) is 28.4 Å². The van der Waals surface area contributed by atoms with Gasteiger partial charge in [0.1, 0.15) is 11.5 Å². The minimum Gasteiger partial charge on any atom is -0.496 e. The molecule has 0 aromatic heterocycles. The normalized spacial score (nSPS) is 16.0. The summed E-state index contributed by atoms with van der Waals surface area (Å²) in [5.41, 5.74) is 1.68. The Morgan fingerprint density at radius 3 is 2.64 bits per heavy atom. The van der Waals surface area contributed by atoms with Gasteiger partial charge in [0.2, 0.25) is 0 Å². The highest BCUT2D eigenvalue weighted by atomic mass is 16.5. The summed E-state index contributed by atoms with van der Waals surface area (Å²) in [5.74, 6) is 1.53. The van der Waals surface area contributed by atoms with Crippen molar-refractivity contribution >= 4 is 16.7 Å². The lowest BCUT2D eigenvalue weighted by Crippen LogP contribution is -2.32. The third-order valence-corrected chi connectivity index (χ3v) is 4.61. The maximum Gasteiger partial charge on any atom is 0.252 e. The first-order chi connectivity index (χ1) is 12.3. The van der Waals surface area contributed by atoms with Crippen molar-refractivity contribution < 1.29 is 14.3 Å². The highest BCUT2D eigenvalue weighted by Gasteiger charge is 2.24. The second-order valence-electron chi connectivity index (χ2n) is 6.06. The number of ether oxygens (including phenoxy) is 2. The highest BCUT2D eigenvalue weighted by molar-refractivity contribution is 6.08. The van der Waals surface area contributed by atoms with Crippen molar-refractivity contribution in [3.05, 3.63) is 71.8 Å². The molecular weight excluding hydrogens is 314 g/mol. The van der Waals surface area contributed by atoms with E-state index in [4.69, 9.17) is 9.47 Å². The number of rotatable bonds is 3. The van der Waals surface area contributed by atoms with Gasteiger partial charge in [-0.05, 0) is 23.6 Å². The molecule has 0 saturated heterocycles. The number of methoxy groups -OCH3 is 1. The molecule has 1 atom stereocenters. The molecule has 0 bridgehead atoms. The lowest BCUT2D eigenvalue weighted by Gasteiger charge is -2.26. The van der Waals surface area contributed by atoms with E-state index in [-0.39, 0.29) is 11.9 Å². The average molecular weight is 333 g/mol. The Morgan fingerprint density at radius 1 is 1.04 bits per heavy atom. The Morgan fingerprint density at radius 2 is 1.80 bits per heavy atom. The number of hydrogen-bond donors (Lipinski definition) is 1. The Labute approximate surface area is 146 Å². The number of benzene rings is 3. The van der Waals surface area contributed by atoms with Crippen molar-refractivity contribution in [1.29, 1.82) is 0 Å². The number of fused-ring (bicyclic) bond motifs is 2. The van der Waals surface area contributed by atoms with Gasteiger partial charge in [0.25, 0.3) is 5.91 Å². The van der Waals surface area contributed by atoms with Gasteiger partial charge >= 0.3 is 0 Å². The molecule has 4 rings (SSSR count). The molecule has 0 unspecified atom stereocenters. The molecule has 0 aliphatic carbocycles. The van der Waals surface area contributed by atoms with Gasteiger partial charge < -0.3 is 14.8 Å². The van der Waals surface area contributed by atoms with Crippen LogP contribution in [0.3, 0.4) is 0 Å². The predicted molar refractivity (Wildman–Crippen MR) is 97.3 cm³/mol. The summed E-state index contributed by atoms with van der Waals surface area (Å²) in [6.45, 7) is 0.603. The summed E-state index contributed by atoms with van der Waals surface area (Å²) in [5, 5.41) is 4.99. The summed E-state index contributed by atoms with van der Waals surface area (Å²) in [6, 6.07) is 19.3. The molecule has 0 saturated carbocycles. The first-order valence-corrected chi connectivity index (χ1v) is 8.36. The maximum atomic E-state index is 12.9. The zero-order valence-electron chi connectivity index (χ0n) is 14.0. The van der Waals surface area contributed by atoms with Crippen LogP contribution in [-0.2, 0) is 0 Å². The van der Waals surface area contributed by atoms with Crippen LogP contribution in [0.15, 0.2) is 60.7 Å². The smallest absolute Gasteiger partial charge is 0.252 e. The van der Waals surface area contributed by atoms with E-state index in [1.807, 2.05) is 60.7 Å². The Bertz CT molecular complexity index is 935. The number of nitrogens with one attached hydrogen (secondary N) is 1. The third-order valence-electron chi connectivity index (χ3n) is 4.61. The van der Waals surface area contributed by atoms with Gasteiger partial charge in [-0.2, -0.15) is 0 Å². The molecular formula is C21H19NO3. The van der Waals surface area contributed by atoms with Gasteiger partial charge in [0.05, 0.1) is 19.8 Å². The topological polar surface area (TPSA) is 47.6 Å². The summed E-state index contributed by atoms with van der Waals surface area (Å²) in [6.07, 6.45) is 0.761. The third kappa shape index (κ3) is 2.80. The molecule has 25 heavy (non-hydrogen) atoms. The number of carbonyl (C=O) groups excluding carboxylic acids is 1. The van der Waals surface area contributed by atoms with Crippen molar-refractivity contribution in [3.63, 3.8) is 0 Å². The zero-order valence-corrected chi connectivity index (χ0v) is 14.0. The van der Waals surface area contributed by atoms with Crippen molar-refractivity contribution in [3.8, 4) is 11.5 Å². The Kier molecular flexibility index (Phi) is 4.02. The SMILES string of the molecule is COc1ccc(C(=O)N[C@@H]2CCOc3ccccc32)c2ccccc12. The fraction of sp³-hybridized carbons (Fsp3) is 0.190. The fourth-order valence-electron chi connectivity index (χ4n) is 3.38. The molecule has 3 aromatic carbocycles. The van der Waals surface area contributed by atoms with Crippen molar-refractivity contribution in [1.82, 2.24) is 5.32 Å². The largest absolute Gasteiger partial charge is 0.496 e. The van der Waals surface area contributed by atoms with Crippen LogP contribution in [0.25, 0.3) is 10.8 Å². The Balaban J connectivity index is 1.68. The zero-order chi connectivity index (χ0) is 17.2. The second-order valence-corrected chi connectivity index (χ2v) is 6.06. The first kappa shape index (κ1) is 15.5. The van der Waals surface area contributed by atoms with E-state index in [2.05, 4.69) is 5.32 Å². The van der Waals surface area contributed by atoms with Crippen LogP contribution >= 0.6 is 0 Å². The van der Waals surface area contributed by atoms with E-state index >= 15 is 0 Å². The minimum atomic E-state index is -0.0828. The van der Waals surface area contributed by atoms with Crippen LogP contribution < -0.4 is 14.8 Å². The maximum absolute atomic E-state index is 12.9. The number of hydrogen-bond acceptors (Lipinski definition) is 3. The summed E-state index contributed by atoms with van der Waals surface area (Å²) >= 11 is 0. The van der Waals surface area contributed by atoms with Crippen LogP contribution in [0.5, 0.6) is 11.5 Å².